The number of ether oxygens (including phenoxy) is 1. The van der Waals surface area contributed by atoms with Gasteiger partial charge in [-0.05, 0) is 14.1 Å². The number of halogens is 1. The van der Waals surface area contributed by atoms with E-state index in [1.807, 2.05) is 19.0 Å². The first-order chi connectivity index (χ1) is 10.9. The van der Waals surface area contributed by atoms with Crippen molar-refractivity contribution < 1.29 is 14.9 Å². The summed E-state index contributed by atoms with van der Waals surface area (Å²) in [7, 11) is 3.91. The maximum Gasteiger partial charge on any atom is 0.330 e. The van der Waals surface area contributed by atoms with Gasteiger partial charge in [-0.15, -0.1) is 12.4 Å². The van der Waals surface area contributed by atoms with Gasteiger partial charge in [-0.25, -0.2) is 4.79 Å². The van der Waals surface area contributed by atoms with E-state index in [1.165, 1.54) is 10.8 Å². The zero-order valence-corrected chi connectivity index (χ0v) is 14.6. The molecule has 0 amide bonds. The molecule has 3 unspecified atom stereocenters. The van der Waals surface area contributed by atoms with E-state index >= 15 is 0 Å². The lowest BCUT2D eigenvalue weighted by Crippen LogP contribution is -2.36. The van der Waals surface area contributed by atoms with E-state index in [9.17, 15) is 14.7 Å². The van der Waals surface area contributed by atoms with Crippen molar-refractivity contribution >= 4 is 12.4 Å². The van der Waals surface area contributed by atoms with Crippen LogP contribution in [0.5, 0.6) is 0 Å². The molecule has 3 atom stereocenters. The molecule has 0 bridgehead atoms. The van der Waals surface area contributed by atoms with E-state index in [2.05, 4.69) is 10.3 Å². The molecule has 0 aromatic carbocycles. The minimum atomic E-state index is -0.842. The molecule has 4 N–H and O–H groups in total. The van der Waals surface area contributed by atoms with Gasteiger partial charge in [0.05, 0.1) is 12.7 Å². The van der Waals surface area contributed by atoms with Crippen LogP contribution in [-0.2, 0) is 11.3 Å². The minimum Gasteiger partial charge on any atom is -0.394 e. The Labute approximate surface area is 145 Å². The Bertz CT molecular complexity index is 632. The van der Waals surface area contributed by atoms with Crippen molar-refractivity contribution in [3.8, 4) is 0 Å². The normalized spacial score (nSPS) is 23.5. The van der Waals surface area contributed by atoms with E-state index < -0.39 is 29.7 Å². The molecule has 10 heteroatoms. The minimum absolute atomic E-state index is 0. The third-order valence-corrected chi connectivity index (χ3v) is 3.79. The molecule has 138 valence electrons. The fourth-order valence-corrected chi connectivity index (χ4v) is 2.44. The second kappa shape index (κ2) is 9.30. The molecule has 1 fully saturated rings. The molecule has 1 aromatic rings. The van der Waals surface area contributed by atoms with Crippen LogP contribution in [0.1, 0.15) is 18.2 Å². The Balaban J connectivity index is 0.00000288. The number of rotatable bonds is 7. The quantitative estimate of drug-likeness (QED) is 0.423. The van der Waals surface area contributed by atoms with Gasteiger partial charge < -0.3 is 25.2 Å². The second-order valence-electron chi connectivity index (χ2n) is 5.92. The lowest BCUT2D eigenvalue weighted by Gasteiger charge is -2.15. The Hall–Kier alpha value is -1.23. The van der Waals surface area contributed by atoms with Gasteiger partial charge in [0.1, 0.15) is 12.3 Å². The van der Waals surface area contributed by atoms with Gasteiger partial charge in [0.25, 0.3) is 5.56 Å². The first kappa shape index (κ1) is 20.8. The Kier molecular flexibility index (Phi) is 8.07. The Morgan fingerprint density at radius 3 is 2.75 bits per heavy atom. The number of likely N-dealkylation sites (N-methyl/N-ethyl adjacent to an activating group) is 1. The predicted molar refractivity (Wildman–Crippen MR) is 90.5 cm³/mol. The fourth-order valence-electron chi connectivity index (χ4n) is 2.44. The Morgan fingerprint density at radius 2 is 2.17 bits per heavy atom. The highest BCUT2D eigenvalue weighted by Crippen LogP contribution is 2.27. The van der Waals surface area contributed by atoms with Gasteiger partial charge in [-0.1, -0.05) is 0 Å². The summed E-state index contributed by atoms with van der Waals surface area (Å²) in [4.78, 5) is 28.1. The van der Waals surface area contributed by atoms with Crippen LogP contribution in [0.25, 0.3) is 0 Å². The molecule has 1 aromatic heterocycles. The zero-order valence-electron chi connectivity index (χ0n) is 13.8. The fraction of sp³-hybridized carbons (Fsp3) is 0.714. The number of nitrogens with zero attached hydrogens (tertiary/aromatic N) is 2. The second-order valence-corrected chi connectivity index (χ2v) is 5.92. The highest BCUT2D eigenvalue weighted by Gasteiger charge is 2.35. The van der Waals surface area contributed by atoms with Gasteiger partial charge in [0.2, 0.25) is 0 Å². The number of aromatic nitrogens is 2. The van der Waals surface area contributed by atoms with Gasteiger partial charge in [0, 0.05) is 37.8 Å². The molecule has 0 saturated carbocycles. The monoisotopic (exact) mass is 364 g/mol. The van der Waals surface area contributed by atoms with Crippen LogP contribution >= 0.6 is 12.4 Å². The van der Waals surface area contributed by atoms with Crippen LogP contribution in [0.4, 0.5) is 0 Å². The summed E-state index contributed by atoms with van der Waals surface area (Å²) < 4.78 is 6.71. The van der Waals surface area contributed by atoms with Gasteiger partial charge in [-0.3, -0.25) is 14.3 Å². The van der Waals surface area contributed by atoms with Crippen molar-refractivity contribution in [3.05, 3.63) is 32.6 Å². The highest BCUT2D eigenvalue weighted by atomic mass is 35.5. The first-order valence-corrected chi connectivity index (χ1v) is 7.56. The highest BCUT2D eigenvalue weighted by molar-refractivity contribution is 5.85. The van der Waals surface area contributed by atoms with E-state index in [0.29, 0.717) is 18.7 Å². The van der Waals surface area contributed by atoms with Crippen LogP contribution in [-0.4, -0.2) is 70.7 Å². The van der Waals surface area contributed by atoms with Crippen molar-refractivity contribution in [1.29, 1.82) is 0 Å². The molecule has 1 aliphatic heterocycles. The summed E-state index contributed by atoms with van der Waals surface area (Å²) in [5, 5.41) is 22.0. The summed E-state index contributed by atoms with van der Waals surface area (Å²) in [5.74, 6) is 0. The molecule has 24 heavy (non-hydrogen) atoms. The average Bonchev–Trinajstić information content (AvgIpc) is 2.86. The van der Waals surface area contributed by atoms with Crippen LogP contribution in [0, 0.1) is 0 Å². The topological polar surface area (TPSA) is 120 Å². The molecule has 1 saturated heterocycles. The third kappa shape index (κ3) is 5.13. The average molecular weight is 365 g/mol. The van der Waals surface area contributed by atoms with Crippen molar-refractivity contribution in [1.82, 2.24) is 19.8 Å². The number of aromatic amines is 1. The predicted octanol–water partition coefficient (Wildman–Crippen LogP) is -1.75. The molecule has 0 spiro atoms. The van der Waals surface area contributed by atoms with E-state index in [-0.39, 0.29) is 25.4 Å². The van der Waals surface area contributed by atoms with E-state index in [1.54, 1.807) is 0 Å². The summed E-state index contributed by atoms with van der Waals surface area (Å²) in [5.41, 5.74) is -0.627. The smallest absolute Gasteiger partial charge is 0.330 e. The molecule has 0 aliphatic carbocycles. The van der Waals surface area contributed by atoms with Crippen molar-refractivity contribution in [2.24, 2.45) is 0 Å². The van der Waals surface area contributed by atoms with Gasteiger partial charge >= 0.3 is 5.69 Å². The zero-order chi connectivity index (χ0) is 17.0. The molecule has 9 nitrogen and oxygen atoms in total. The third-order valence-electron chi connectivity index (χ3n) is 3.79. The summed E-state index contributed by atoms with van der Waals surface area (Å²) in [6, 6.07) is 0. The molecular formula is C14H25ClN4O5. The van der Waals surface area contributed by atoms with Crippen molar-refractivity contribution in [3.63, 3.8) is 0 Å². The largest absolute Gasteiger partial charge is 0.394 e. The first-order valence-electron chi connectivity index (χ1n) is 7.56. The van der Waals surface area contributed by atoms with Crippen molar-refractivity contribution in [2.45, 2.75) is 31.4 Å². The van der Waals surface area contributed by atoms with Crippen LogP contribution in [0.2, 0.25) is 0 Å². The molecule has 0 radical (unpaired) electrons. The lowest BCUT2D eigenvalue weighted by atomic mass is 10.2. The summed E-state index contributed by atoms with van der Waals surface area (Å²) >= 11 is 0. The molecule has 2 heterocycles. The standard InChI is InChI=1S/C14H24N4O5.ClH/c1-17(2)4-3-15-6-9-7-18(14(22)16-13(9)21)12-5-10(20)11(8-19)23-12;/h7,10-12,15,19-20H,3-6,8H2,1-2H3,(H,16,21,22);1H. The SMILES string of the molecule is CN(C)CCNCc1cn(C2CC(O)C(CO)O2)c(=O)[nH]c1=O.Cl. The Morgan fingerprint density at radius 1 is 1.46 bits per heavy atom. The van der Waals surface area contributed by atoms with Gasteiger partial charge in [-0.2, -0.15) is 0 Å². The number of nitrogens with one attached hydrogen (secondary N) is 2. The number of aliphatic hydroxyl groups excluding tert-OH is 2. The number of hydrogen-bond donors (Lipinski definition) is 4. The summed E-state index contributed by atoms with van der Waals surface area (Å²) in [6.45, 7) is 1.53. The molecule has 1 aliphatic rings. The number of H-pyrrole nitrogens is 1. The van der Waals surface area contributed by atoms with E-state index in [4.69, 9.17) is 9.84 Å². The van der Waals surface area contributed by atoms with Crippen LogP contribution < -0.4 is 16.6 Å². The maximum absolute atomic E-state index is 12.0. The van der Waals surface area contributed by atoms with Crippen LogP contribution in [0.3, 0.4) is 0 Å². The van der Waals surface area contributed by atoms with E-state index in [0.717, 1.165) is 6.54 Å². The number of hydrogen-bond acceptors (Lipinski definition) is 7. The lowest BCUT2D eigenvalue weighted by molar-refractivity contribution is -0.0460. The molecular weight excluding hydrogens is 340 g/mol. The van der Waals surface area contributed by atoms with Crippen molar-refractivity contribution in [2.75, 3.05) is 33.8 Å². The number of aliphatic hydroxyl groups is 2. The van der Waals surface area contributed by atoms with Gasteiger partial charge in [0.15, 0.2) is 0 Å². The summed E-state index contributed by atoms with van der Waals surface area (Å²) in [6.07, 6.45) is -0.635. The van der Waals surface area contributed by atoms with Crippen LogP contribution in [0.15, 0.2) is 15.8 Å². The molecule has 2 rings (SSSR count). The maximum atomic E-state index is 12.0.